The van der Waals surface area contributed by atoms with Crippen molar-refractivity contribution in [3.05, 3.63) is 39.3 Å². The second-order valence-corrected chi connectivity index (χ2v) is 5.10. The smallest absolute Gasteiger partial charge is 0.168 e. The molecule has 0 N–H and O–H groups in total. The standard InChI is InChI=1S/C13H10Cl2FN/c14-9-6-5-8-11(15)7-3-1-2-4-10(7)17-13(8)12(9)16/h5-6H,1-4H2. The van der Waals surface area contributed by atoms with Crippen LogP contribution in [0.4, 0.5) is 4.39 Å². The van der Waals surface area contributed by atoms with Gasteiger partial charge in [0.2, 0.25) is 0 Å². The average molecular weight is 270 g/mol. The highest BCUT2D eigenvalue weighted by Gasteiger charge is 2.19. The van der Waals surface area contributed by atoms with Gasteiger partial charge in [-0.3, -0.25) is 0 Å². The number of rotatable bonds is 0. The van der Waals surface area contributed by atoms with Gasteiger partial charge < -0.3 is 0 Å². The largest absolute Gasteiger partial charge is 0.249 e. The van der Waals surface area contributed by atoms with Crippen molar-refractivity contribution in [2.24, 2.45) is 0 Å². The van der Waals surface area contributed by atoms with E-state index in [2.05, 4.69) is 4.98 Å². The highest BCUT2D eigenvalue weighted by molar-refractivity contribution is 6.37. The van der Waals surface area contributed by atoms with Crippen LogP contribution in [0.2, 0.25) is 10.0 Å². The van der Waals surface area contributed by atoms with E-state index < -0.39 is 5.82 Å². The van der Waals surface area contributed by atoms with Crippen molar-refractivity contribution in [3.63, 3.8) is 0 Å². The van der Waals surface area contributed by atoms with Crippen LogP contribution in [-0.2, 0) is 12.8 Å². The molecule has 0 saturated carbocycles. The second-order valence-electron chi connectivity index (χ2n) is 4.32. The Bertz CT molecular complexity index is 610. The Balaban J connectivity index is 2.40. The Morgan fingerprint density at radius 1 is 1.12 bits per heavy atom. The van der Waals surface area contributed by atoms with Crippen LogP contribution in [0, 0.1) is 5.82 Å². The first-order valence-electron chi connectivity index (χ1n) is 5.63. The third-order valence-corrected chi connectivity index (χ3v) is 3.98. The third-order valence-electron chi connectivity index (χ3n) is 3.26. The SMILES string of the molecule is Fc1c(Cl)ccc2c(Cl)c3c(nc12)CCCC3. The van der Waals surface area contributed by atoms with Crippen LogP contribution in [0.3, 0.4) is 0 Å². The molecule has 1 aromatic carbocycles. The van der Waals surface area contributed by atoms with E-state index in [1.54, 1.807) is 6.07 Å². The van der Waals surface area contributed by atoms with E-state index in [0.29, 0.717) is 15.9 Å². The first-order chi connectivity index (χ1) is 8.18. The number of hydrogen-bond acceptors (Lipinski definition) is 1. The molecule has 1 aliphatic carbocycles. The molecular weight excluding hydrogens is 260 g/mol. The van der Waals surface area contributed by atoms with Gasteiger partial charge in [0.25, 0.3) is 0 Å². The molecule has 1 heterocycles. The minimum atomic E-state index is -0.473. The molecule has 0 atom stereocenters. The summed E-state index contributed by atoms with van der Waals surface area (Å²) in [7, 11) is 0. The molecule has 17 heavy (non-hydrogen) atoms. The zero-order chi connectivity index (χ0) is 12.0. The van der Waals surface area contributed by atoms with Gasteiger partial charge in [-0.15, -0.1) is 0 Å². The molecule has 1 aliphatic rings. The Morgan fingerprint density at radius 2 is 1.88 bits per heavy atom. The molecule has 0 amide bonds. The summed E-state index contributed by atoms with van der Waals surface area (Å²) < 4.78 is 13.9. The molecule has 0 bridgehead atoms. The van der Waals surface area contributed by atoms with Crippen molar-refractivity contribution in [1.82, 2.24) is 4.98 Å². The molecular formula is C13H10Cl2FN. The number of nitrogens with zero attached hydrogens (tertiary/aromatic N) is 1. The first kappa shape index (κ1) is 11.2. The lowest BCUT2D eigenvalue weighted by Gasteiger charge is -2.17. The summed E-state index contributed by atoms with van der Waals surface area (Å²) in [5.41, 5.74) is 2.30. The molecule has 3 rings (SSSR count). The summed E-state index contributed by atoms with van der Waals surface area (Å²) >= 11 is 12.1. The first-order valence-corrected chi connectivity index (χ1v) is 6.39. The Hall–Kier alpha value is -0.860. The fourth-order valence-corrected chi connectivity index (χ4v) is 2.88. The molecule has 4 heteroatoms. The van der Waals surface area contributed by atoms with Crippen LogP contribution < -0.4 is 0 Å². The van der Waals surface area contributed by atoms with Crippen molar-refractivity contribution in [2.75, 3.05) is 0 Å². The number of halogens is 3. The van der Waals surface area contributed by atoms with Gasteiger partial charge >= 0.3 is 0 Å². The molecule has 0 radical (unpaired) electrons. The van der Waals surface area contributed by atoms with Crippen LogP contribution in [0.25, 0.3) is 10.9 Å². The predicted molar refractivity (Wildman–Crippen MR) is 68.4 cm³/mol. The lowest BCUT2D eigenvalue weighted by Crippen LogP contribution is -2.07. The summed E-state index contributed by atoms with van der Waals surface area (Å²) in [6.45, 7) is 0. The van der Waals surface area contributed by atoms with Gasteiger partial charge in [-0.25, -0.2) is 9.37 Å². The van der Waals surface area contributed by atoms with Crippen molar-refractivity contribution in [2.45, 2.75) is 25.7 Å². The lowest BCUT2D eigenvalue weighted by atomic mass is 9.94. The Kier molecular flexibility index (Phi) is 2.72. The average Bonchev–Trinajstić information content (AvgIpc) is 2.35. The second kappa shape index (κ2) is 4.11. The van der Waals surface area contributed by atoms with Crippen LogP contribution in [0.1, 0.15) is 24.1 Å². The molecule has 1 nitrogen and oxygen atoms in total. The summed E-state index contributed by atoms with van der Waals surface area (Å²) in [6, 6.07) is 3.27. The molecule has 88 valence electrons. The van der Waals surface area contributed by atoms with Crippen LogP contribution >= 0.6 is 23.2 Å². The van der Waals surface area contributed by atoms with E-state index in [9.17, 15) is 4.39 Å². The maximum absolute atomic E-state index is 13.9. The molecule has 2 aromatic rings. The topological polar surface area (TPSA) is 12.9 Å². The van der Waals surface area contributed by atoms with E-state index in [-0.39, 0.29) is 5.02 Å². The number of benzene rings is 1. The predicted octanol–water partition coefficient (Wildman–Crippen LogP) is 4.56. The molecule has 0 saturated heterocycles. The molecule has 1 aromatic heterocycles. The third kappa shape index (κ3) is 1.71. The zero-order valence-electron chi connectivity index (χ0n) is 9.06. The van der Waals surface area contributed by atoms with Gasteiger partial charge in [0, 0.05) is 11.1 Å². The van der Waals surface area contributed by atoms with Gasteiger partial charge in [-0.1, -0.05) is 23.2 Å². The quantitative estimate of drug-likeness (QED) is 0.683. The van der Waals surface area contributed by atoms with E-state index in [1.165, 1.54) is 6.07 Å². The van der Waals surface area contributed by atoms with E-state index in [1.807, 2.05) is 0 Å². The number of pyridine rings is 1. The van der Waals surface area contributed by atoms with Crippen molar-refractivity contribution >= 4 is 34.1 Å². The number of hydrogen-bond donors (Lipinski definition) is 0. The van der Waals surface area contributed by atoms with Gasteiger partial charge in [-0.2, -0.15) is 0 Å². The van der Waals surface area contributed by atoms with Crippen LogP contribution in [0.15, 0.2) is 12.1 Å². The summed E-state index contributed by atoms with van der Waals surface area (Å²) in [6.07, 6.45) is 4.01. The minimum absolute atomic E-state index is 0.0943. The normalized spacial score (nSPS) is 15.0. The number of fused-ring (bicyclic) bond motifs is 2. The van der Waals surface area contributed by atoms with Crippen LogP contribution in [-0.4, -0.2) is 4.98 Å². The van der Waals surface area contributed by atoms with Gasteiger partial charge in [0.1, 0.15) is 5.52 Å². The van der Waals surface area contributed by atoms with Crippen molar-refractivity contribution in [3.8, 4) is 0 Å². The summed E-state index contributed by atoms with van der Waals surface area (Å²) in [5, 5.41) is 1.39. The molecule has 0 aliphatic heterocycles. The van der Waals surface area contributed by atoms with Crippen molar-refractivity contribution < 1.29 is 4.39 Å². The number of aryl methyl sites for hydroxylation is 1. The zero-order valence-corrected chi connectivity index (χ0v) is 10.6. The maximum atomic E-state index is 13.9. The molecule has 0 unspecified atom stereocenters. The monoisotopic (exact) mass is 269 g/mol. The Labute approximate surface area is 109 Å². The molecule has 0 fully saturated rings. The Morgan fingerprint density at radius 3 is 2.71 bits per heavy atom. The fraction of sp³-hybridized carbons (Fsp3) is 0.308. The van der Waals surface area contributed by atoms with E-state index in [4.69, 9.17) is 23.2 Å². The highest BCUT2D eigenvalue weighted by atomic mass is 35.5. The lowest BCUT2D eigenvalue weighted by molar-refractivity contribution is 0.632. The molecule has 0 spiro atoms. The highest BCUT2D eigenvalue weighted by Crippen LogP contribution is 2.35. The van der Waals surface area contributed by atoms with Gasteiger partial charge in [0.15, 0.2) is 5.82 Å². The van der Waals surface area contributed by atoms with Crippen LogP contribution in [0.5, 0.6) is 0 Å². The van der Waals surface area contributed by atoms with Gasteiger partial charge in [0.05, 0.1) is 10.0 Å². The number of aromatic nitrogens is 1. The maximum Gasteiger partial charge on any atom is 0.168 e. The minimum Gasteiger partial charge on any atom is -0.249 e. The van der Waals surface area contributed by atoms with Gasteiger partial charge in [-0.05, 0) is 43.4 Å². The van der Waals surface area contributed by atoms with Crippen molar-refractivity contribution in [1.29, 1.82) is 0 Å². The van der Waals surface area contributed by atoms with E-state index >= 15 is 0 Å². The summed E-state index contributed by atoms with van der Waals surface area (Å²) in [5.74, 6) is -0.473. The fourth-order valence-electron chi connectivity index (χ4n) is 2.37. The summed E-state index contributed by atoms with van der Waals surface area (Å²) in [4.78, 5) is 4.39. The van der Waals surface area contributed by atoms with E-state index in [0.717, 1.165) is 36.9 Å².